The van der Waals surface area contributed by atoms with Gasteiger partial charge in [-0.3, -0.25) is 4.79 Å². The lowest BCUT2D eigenvalue weighted by molar-refractivity contribution is 0.313. The molecule has 1 N–H and O–H groups in total. The molecule has 1 aliphatic rings. The molecule has 12 heteroatoms. The fourth-order valence-electron chi connectivity index (χ4n) is 4.78. The van der Waals surface area contributed by atoms with Crippen molar-refractivity contribution >= 4 is 28.4 Å². The first-order chi connectivity index (χ1) is 20.0. The van der Waals surface area contributed by atoms with E-state index in [1.807, 2.05) is 30.3 Å². The highest BCUT2D eigenvalue weighted by Gasteiger charge is 2.19. The van der Waals surface area contributed by atoms with Gasteiger partial charge < -0.3 is 15.1 Å². The smallest absolute Gasteiger partial charge is 0.278 e. The second-order valence-electron chi connectivity index (χ2n) is 9.67. The first kappa shape index (κ1) is 25.8. The molecule has 0 aliphatic carbocycles. The summed E-state index contributed by atoms with van der Waals surface area (Å²) in [5.41, 5.74) is 3.38. The van der Waals surface area contributed by atoms with E-state index in [1.54, 1.807) is 29.2 Å². The zero-order chi connectivity index (χ0) is 28.3. The number of likely N-dealkylation sites (N-methyl/N-ethyl adjacent to an activating group) is 1. The lowest BCUT2D eigenvalue weighted by Gasteiger charge is -2.34. The Hall–Kier alpha value is -5.41. The normalized spacial score (nSPS) is 13.7. The fourth-order valence-corrected chi connectivity index (χ4v) is 4.78. The van der Waals surface area contributed by atoms with Gasteiger partial charge in [-0.1, -0.05) is 12.1 Å². The number of nitrogens with zero attached hydrogens (tertiary/aromatic N) is 10. The minimum atomic E-state index is -0.253. The van der Waals surface area contributed by atoms with Gasteiger partial charge in [-0.15, -0.1) is 6.58 Å². The molecule has 5 heterocycles. The van der Waals surface area contributed by atoms with Crippen LogP contribution < -0.4 is 15.8 Å². The first-order valence-corrected chi connectivity index (χ1v) is 13.1. The number of hydrogen-bond acceptors (Lipinski definition) is 10. The number of hydrogen-bond donors (Lipinski definition) is 1. The molecule has 1 saturated heterocycles. The maximum Gasteiger partial charge on any atom is 0.278 e. The summed E-state index contributed by atoms with van der Waals surface area (Å²) in [5, 5.41) is 12.6. The van der Waals surface area contributed by atoms with Crippen LogP contribution in [0.15, 0.2) is 78.5 Å². The zero-order valence-electron chi connectivity index (χ0n) is 22.5. The summed E-state index contributed by atoms with van der Waals surface area (Å²) in [6.07, 6.45) is 6.26. The van der Waals surface area contributed by atoms with Crippen molar-refractivity contribution in [2.24, 2.45) is 0 Å². The molecule has 4 aromatic heterocycles. The average molecular weight is 546 g/mol. The molecule has 0 atom stereocenters. The van der Waals surface area contributed by atoms with E-state index < -0.39 is 0 Å². The number of nitriles is 1. The highest BCUT2D eigenvalue weighted by molar-refractivity contribution is 5.77. The SMILES string of the molecule is C=CCn1c(=O)c2cnc(Nc3ccc(N4CCN(C)CC4)cc3)nc2n1-c1cccc(-c2cnc(C#N)nc2)n1. The molecule has 41 heavy (non-hydrogen) atoms. The molecule has 5 aromatic rings. The zero-order valence-corrected chi connectivity index (χ0v) is 22.5. The van der Waals surface area contributed by atoms with Gasteiger partial charge in [-0.05, 0) is 43.4 Å². The fraction of sp³-hybridized carbons (Fsp3) is 0.207. The van der Waals surface area contributed by atoms with Crippen molar-refractivity contribution < 1.29 is 0 Å². The molecule has 0 saturated carbocycles. The number of pyridine rings is 1. The highest BCUT2D eigenvalue weighted by atomic mass is 16.1. The lowest BCUT2D eigenvalue weighted by atomic mass is 10.2. The Kier molecular flexibility index (Phi) is 6.93. The minimum Gasteiger partial charge on any atom is -0.369 e. The Morgan fingerprint density at radius 2 is 1.76 bits per heavy atom. The van der Waals surface area contributed by atoms with Crippen LogP contribution in [0.3, 0.4) is 0 Å². The molecule has 1 aliphatic heterocycles. The largest absolute Gasteiger partial charge is 0.369 e. The molecule has 204 valence electrons. The summed E-state index contributed by atoms with van der Waals surface area (Å²) in [5.74, 6) is 0.903. The second-order valence-corrected chi connectivity index (χ2v) is 9.67. The van der Waals surface area contributed by atoms with Crippen LogP contribution in [0.1, 0.15) is 5.82 Å². The van der Waals surface area contributed by atoms with E-state index in [-0.39, 0.29) is 17.9 Å². The summed E-state index contributed by atoms with van der Waals surface area (Å²) < 4.78 is 3.18. The standard InChI is InChI=1S/C29H27N11O/c1-3-11-39-28(41)23-19-33-29(34-21-7-9-22(10-8-21)38-14-12-37(2)13-15-38)36-27(23)40(39)26-6-4-5-24(35-26)20-17-31-25(16-30)32-18-20/h3-10,17-19H,1,11-15H2,2H3,(H,33,34,36). The maximum atomic E-state index is 13.3. The minimum absolute atomic E-state index is 0.0758. The van der Waals surface area contributed by atoms with Crippen molar-refractivity contribution in [2.45, 2.75) is 6.54 Å². The Balaban J connectivity index is 1.35. The van der Waals surface area contributed by atoms with Gasteiger partial charge in [0.05, 0.1) is 12.2 Å². The van der Waals surface area contributed by atoms with E-state index in [1.165, 1.54) is 16.6 Å². The van der Waals surface area contributed by atoms with Crippen LogP contribution >= 0.6 is 0 Å². The maximum absolute atomic E-state index is 13.3. The van der Waals surface area contributed by atoms with Gasteiger partial charge in [0.25, 0.3) is 5.56 Å². The monoisotopic (exact) mass is 545 g/mol. The van der Waals surface area contributed by atoms with Gasteiger partial charge in [0, 0.05) is 61.7 Å². The van der Waals surface area contributed by atoms with Gasteiger partial charge in [0.1, 0.15) is 11.5 Å². The van der Waals surface area contributed by atoms with Crippen molar-refractivity contribution in [1.82, 2.24) is 39.2 Å². The molecule has 1 fully saturated rings. The van der Waals surface area contributed by atoms with Crippen molar-refractivity contribution in [3.8, 4) is 23.1 Å². The van der Waals surface area contributed by atoms with E-state index in [0.717, 1.165) is 31.9 Å². The van der Waals surface area contributed by atoms with Crippen molar-refractivity contribution in [2.75, 3.05) is 43.4 Å². The number of fused-ring (bicyclic) bond motifs is 1. The van der Waals surface area contributed by atoms with Crippen LogP contribution in [0.25, 0.3) is 28.1 Å². The summed E-state index contributed by atoms with van der Waals surface area (Å²) in [4.78, 5) is 40.0. The van der Waals surface area contributed by atoms with Crippen molar-refractivity contribution in [3.05, 3.63) is 89.9 Å². The third-order valence-electron chi connectivity index (χ3n) is 6.97. The van der Waals surface area contributed by atoms with E-state index in [0.29, 0.717) is 34.1 Å². The van der Waals surface area contributed by atoms with Gasteiger partial charge in [0.15, 0.2) is 11.5 Å². The predicted octanol–water partition coefficient (Wildman–Crippen LogP) is 2.99. The summed E-state index contributed by atoms with van der Waals surface area (Å²) >= 11 is 0. The van der Waals surface area contributed by atoms with Gasteiger partial charge in [0.2, 0.25) is 11.8 Å². The number of benzene rings is 1. The third kappa shape index (κ3) is 5.13. The Bertz CT molecular complexity index is 1810. The Morgan fingerprint density at radius 3 is 2.46 bits per heavy atom. The molecular weight excluding hydrogens is 518 g/mol. The number of allylic oxidation sites excluding steroid dienone is 1. The number of anilines is 3. The van der Waals surface area contributed by atoms with E-state index >= 15 is 0 Å². The Labute approximate surface area is 235 Å². The van der Waals surface area contributed by atoms with Crippen molar-refractivity contribution in [3.63, 3.8) is 0 Å². The number of nitrogens with one attached hydrogen (secondary N) is 1. The van der Waals surface area contributed by atoms with Crippen LogP contribution in [-0.4, -0.2) is 72.4 Å². The topological polar surface area (TPSA) is 134 Å². The van der Waals surface area contributed by atoms with Crippen LogP contribution in [0, 0.1) is 11.3 Å². The van der Waals surface area contributed by atoms with Crippen LogP contribution in [0.4, 0.5) is 17.3 Å². The summed E-state index contributed by atoms with van der Waals surface area (Å²) in [7, 11) is 2.14. The Morgan fingerprint density at radius 1 is 1.00 bits per heavy atom. The van der Waals surface area contributed by atoms with Crippen LogP contribution in [0.2, 0.25) is 0 Å². The quantitative estimate of drug-likeness (QED) is 0.304. The number of piperazine rings is 1. The molecule has 0 unspecified atom stereocenters. The average Bonchev–Trinajstić information content (AvgIpc) is 3.28. The van der Waals surface area contributed by atoms with Crippen LogP contribution in [0.5, 0.6) is 0 Å². The molecule has 1 aromatic carbocycles. The highest BCUT2D eigenvalue weighted by Crippen LogP contribution is 2.23. The molecule has 0 bridgehead atoms. The molecule has 0 radical (unpaired) electrons. The lowest BCUT2D eigenvalue weighted by Crippen LogP contribution is -2.44. The molecule has 6 rings (SSSR count). The molecular formula is C29H27N11O. The summed E-state index contributed by atoms with van der Waals surface area (Å²) in [6, 6.07) is 15.5. The van der Waals surface area contributed by atoms with E-state index in [2.05, 4.69) is 55.8 Å². The van der Waals surface area contributed by atoms with E-state index in [9.17, 15) is 4.79 Å². The van der Waals surface area contributed by atoms with Gasteiger partial charge in [-0.2, -0.15) is 10.2 Å². The van der Waals surface area contributed by atoms with E-state index in [4.69, 9.17) is 15.2 Å². The predicted molar refractivity (Wildman–Crippen MR) is 156 cm³/mol. The molecule has 12 nitrogen and oxygen atoms in total. The van der Waals surface area contributed by atoms with Gasteiger partial charge >= 0.3 is 0 Å². The van der Waals surface area contributed by atoms with Crippen molar-refractivity contribution in [1.29, 1.82) is 5.26 Å². The third-order valence-corrected chi connectivity index (χ3v) is 6.97. The molecule has 0 amide bonds. The second kappa shape index (κ2) is 11.0. The summed E-state index contributed by atoms with van der Waals surface area (Å²) in [6.45, 7) is 8.13. The number of rotatable bonds is 7. The number of aromatic nitrogens is 7. The van der Waals surface area contributed by atoms with Gasteiger partial charge in [-0.25, -0.2) is 29.3 Å². The van der Waals surface area contributed by atoms with Crippen LogP contribution in [-0.2, 0) is 6.54 Å². The molecule has 0 spiro atoms. The first-order valence-electron chi connectivity index (χ1n) is 13.1.